The highest BCUT2D eigenvalue weighted by Crippen LogP contribution is 2.23. The molecule has 2 rings (SSSR count). The van der Waals surface area contributed by atoms with Gasteiger partial charge >= 0.3 is 0 Å². The van der Waals surface area contributed by atoms with E-state index in [4.69, 9.17) is 4.74 Å². The molecule has 1 saturated carbocycles. The van der Waals surface area contributed by atoms with Crippen molar-refractivity contribution in [3.63, 3.8) is 0 Å². The second-order valence-electron chi connectivity index (χ2n) is 6.09. The number of rotatable bonds is 5. The van der Waals surface area contributed by atoms with Gasteiger partial charge in [-0.2, -0.15) is 0 Å². The molecule has 1 aliphatic heterocycles. The molecule has 1 aliphatic carbocycles. The Morgan fingerprint density at radius 1 is 1.11 bits per heavy atom. The minimum Gasteiger partial charge on any atom is -0.381 e. The molecule has 0 atom stereocenters. The van der Waals surface area contributed by atoms with E-state index >= 15 is 0 Å². The predicted molar refractivity (Wildman–Crippen MR) is 72.6 cm³/mol. The van der Waals surface area contributed by atoms with E-state index in [0.717, 1.165) is 50.7 Å². The smallest absolute Gasteiger partial charge is 0.132 e. The fraction of sp³-hybridized carbons (Fsp3) is 0.933. The Kier molecular flexibility index (Phi) is 5.64. The van der Waals surface area contributed by atoms with E-state index in [2.05, 4.69) is 11.9 Å². The molecule has 18 heavy (non-hydrogen) atoms. The second-order valence-corrected chi connectivity index (χ2v) is 6.09. The zero-order chi connectivity index (χ0) is 12.8. The van der Waals surface area contributed by atoms with Crippen LogP contribution in [0, 0.1) is 11.8 Å². The molecule has 0 aromatic heterocycles. The Hall–Kier alpha value is -0.410. The minimum absolute atomic E-state index is 0.469. The Morgan fingerprint density at radius 2 is 1.78 bits per heavy atom. The molecule has 0 spiro atoms. The topological polar surface area (TPSA) is 29.5 Å². The van der Waals surface area contributed by atoms with E-state index in [1.807, 2.05) is 0 Å². The maximum absolute atomic E-state index is 11.2. The molecule has 0 unspecified atom stereocenters. The van der Waals surface area contributed by atoms with Gasteiger partial charge in [-0.05, 0) is 57.5 Å². The molecule has 3 nitrogen and oxygen atoms in total. The van der Waals surface area contributed by atoms with Crippen LogP contribution in [0.1, 0.15) is 44.9 Å². The Balaban J connectivity index is 1.59. The van der Waals surface area contributed by atoms with Crippen molar-refractivity contribution in [2.45, 2.75) is 44.9 Å². The van der Waals surface area contributed by atoms with Gasteiger partial charge in [0.25, 0.3) is 0 Å². The lowest BCUT2D eigenvalue weighted by Gasteiger charge is -2.28. The van der Waals surface area contributed by atoms with Gasteiger partial charge in [-0.15, -0.1) is 0 Å². The Labute approximate surface area is 111 Å². The zero-order valence-electron chi connectivity index (χ0n) is 11.7. The predicted octanol–water partition coefficient (Wildman–Crippen LogP) is 2.49. The van der Waals surface area contributed by atoms with Crippen LogP contribution in [0.25, 0.3) is 0 Å². The highest BCUT2D eigenvalue weighted by Gasteiger charge is 2.20. The average Bonchev–Trinajstić information content (AvgIpc) is 2.40. The first kappa shape index (κ1) is 14.0. The van der Waals surface area contributed by atoms with E-state index < -0.39 is 0 Å². The van der Waals surface area contributed by atoms with E-state index in [9.17, 15) is 4.79 Å². The summed E-state index contributed by atoms with van der Waals surface area (Å²) >= 11 is 0. The van der Waals surface area contributed by atoms with E-state index in [1.54, 1.807) is 0 Å². The highest BCUT2D eigenvalue weighted by atomic mass is 16.5. The summed E-state index contributed by atoms with van der Waals surface area (Å²) < 4.78 is 5.39. The van der Waals surface area contributed by atoms with Crippen LogP contribution < -0.4 is 0 Å². The third-order valence-electron chi connectivity index (χ3n) is 4.49. The van der Waals surface area contributed by atoms with Crippen molar-refractivity contribution in [2.24, 2.45) is 11.8 Å². The first-order valence-corrected chi connectivity index (χ1v) is 7.52. The molecule has 2 fully saturated rings. The standard InChI is InChI=1S/C15H27NO2/c1-16(9-6-13-7-10-18-11-8-13)12-14-2-4-15(17)5-3-14/h13-14H,2-12H2,1H3. The summed E-state index contributed by atoms with van der Waals surface area (Å²) in [4.78, 5) is 13.7. The number of Topliss-reactive ketones (excluding diaryl/α,β-unsaturated/α-hetero) is 1. The lowest BCUT2D eigenvalue weighted by Crippen LogP contribution is -2.31. The van der Waals surface area contributed by atoms with Gasteiger partial charge in [0.05, 0.1) is 0 Å². The van der Waals surface area contributed by atoms with Gasteiger partial charge in [-0.25, -0.2) is 0 Å². The minimum atomic E-state index is 0.469. The largest absolute Gasteiger partial charge is 0.381 e. The number of ether oxygens (including phenoxy) is 1. The van der Waals surface area contributed by atoms with E-state index in [1.165, 1.54) is 32.4 Å². The lowest BCUT2D eigenvalue weighted by molar-refractivity contribution is -0.121. The third-order valence-corrected chi connectivity index (χ3v) is 4.49. The molecular weight excluding hydrogens is 226 g/mol. The maximum atomic E-state index is 11.2. The molecule has 0 amide bonds. The zero-order valence-corrected chi connectivity index (χ0v) is 11.7. The molecule has 1 saturated heterocycles. The summed E-state index contributed by atoms with van der Waals surface area (Å²) in [6.07, 6.45) is 7.65. The van der Waals surface area contributed by atoms with Crippen molar-refractivity contribution in [3.05, 3.63) is 0 Å². The maximum Gasteiger partial charge on any atom is 0.132 e. The first-order valence-electron chi connectivity index (χ1n) is 7.52. The second kappa shape index (κ2) is 7.25. The van der Waals surface area contributed by atoms with Crippen LogP contribution in [0.5, 0.6) is 0 Å². The van der Waals surface area contributed by atoms with Crippen molar-refractivity contribution in [1.82, 2.24) is 4.90 Å². The Morgan fingerprint density at radius 3 is 2.44 bits per heavy atom. The summed E-state index contributed by atoms with van der Waals surface area (Å²) in [7, 11) is 2.23. The summed E-state index contributed by atoms with van der Waals surface area (Å²) in [5, 5.41) is 0. The lowest BCUT2D eigenvalue weighted by atomic mass is 9.88. The van der Waals surface area contributed by atoms with E-state index in [-0.39, 0.29) is 0 Å². The SMILES string of the molecule is CN(CCC1CCOCC1)CC1CCC(=O)CC1. The number of ketones is 1. The first-order chi connectivity index (χ1) is 8.74. The third kappa shape index (κ3) is 4.69. The fourth-order valence-electron chi connectivity index (χ4n) is 3.15. The van der Waals surface area contributed by atoms with Crippen molar-refractivity contribution in [1.29, 1.82) is 0 Å². The number of nitrogens with zero attached hydrogens (tertiary/aromatic N) is 1. The van der Waals surface area contributed by atoms with Crippen LogP contribution in [-0.2, 0) is 9.53 Å². The molecule has 3 heteroatoms. The van der Waals surface area contributed by atoms with Crippen LogP contribution in [0.3, 0.4) is 0 Å². The highest BCUT2D eigenvalue weighted by molar-refractivity contribution is 5.79. The molecule has 104 valence electrons. The van der Waals surface area contributed by atoms with Gasteiger partial charge < -0.3 is 9.64 Å². The van der Waals surface area contributed by atoms with Crippen molar-refractivity contribution < 1.29 is 9.53 Å². The molecule has 2 aliphatic rings. The van der Waals surface area contributed by atoms with Crippen molar-refractivity contribution in [2.75, 3.05) is 33.4 Å². The van der Waals surface area contributed by atoms with Gasteiger partial charge in [0.2, 0.25) is 0 Å². The summed E-state index contributed by atoms with van der Waals surface area (Å²) in [5.74, 6) is 2.09. The van der Waals surface area contributed by atoms with Gasteiger partial charge in [0, 0.05) is 32.6 Å². The average molecular weight is 253 g/mol. The van der Waals surface area contributed by atoms with Crippen LogP contribution in [0.15, 0.2) is 0 Å². The molecule has 0 aromatic carbocycles. The number of hydrogen-bond acceptors (Lipinski definition) is 3. The molecule has 1 heterocycles. The summed E-state index contributed by atoms with van der Waals surface area (Å²) in [6, 6.07) is 0. The summed E-state index contributed by atoms with van der Waals surface area (Å²) in [5.41, 5.74) is 0. The quantitative estimate of drug-likeness (QED) is 0.754. The summed E-state index contributed by atoms with van der Waals surface area (Å²) in [6.45, 7) is 4.30. The van der Waals surface area contributed by atoms with Crippen LogP contribution in [-0.4, -0.2) is 44.0 Å². The number of hydrogen-bond donors (Lipinski definition) is 0. The van der Waals surface area contributed by atoms with Crippen molar-refractivity contribution >= 4 is 5.78 Å². The van der Waals surface area contributed by atoms with Gasteiger partial charge in [-0.3, -0.25) is 4.79 Å². The molecule has 0 aromatic rings. The fourth-order valence-corrected chi connectivity index (χ4v) is 3.15. The molecule has 0 radical (unpaired) electrons. The van der Waals surface area contributed by atoms with Crippen molar-refractivity contribution in [3.8, 4) is 0 Å². The van der Waals surface area contributed by atoms with Crippen LogP contribution in [0.2, 0.25) is 0 Å². The Bertz CT molecular complexity index is 251. The molecule has 0 bridgehead atoms. The van der Waals surface area contributed by atoms with Crippen LogP contribution in [0.4, 0.5) is 0 Å². The van der Waals surface area contributed by atoms with Gasteiger partial charge in [-0.1, -0.05) is 0 Å². The van der Waals surface area contributed by atoms with Gasteiger partial charge in [0.1, 0.15) is 5.78 Å². The van der Waals surface area contributed by atoms with E-state index in [0.29, 0.717) is 5.78 Å². The van der Waals surface area contributed by atoms with Gasteiger partial charge in [0.15, 0.2) is 0 Å². The van der Waals surface area contributed by atoms with Crippen LogP contribution >= 0.6 is 0 Å². The number of carbonyl (C=O) groups is 1. The monoisotopic (exact) mass is 253 g/mol. The number of carbonyl (C=O) groups excluding carboxylic acids is 1. The molecular formula is C15H27NO2. The molecule has 0 N–H and O–H groups in total. The normalized spacial score (nSPS) is 23.8.